The van der Waals surface area contributed by atoms with Crippen LogP contribution in [0.4, 0.5) is 14.7 Å². The predicted molar refractivity (Wildman–Crippen MR) is 172 cm³/mol. The third kappa shape index (κ3) is 7.37. The number of para-hydroxylation sites is 1. The minimum Gasteiger partial charge on any atom is -0.381 e. The molecule has 1 saturated heterocycles. The second-order valence-corrected chi connectivity index (χ2v) is 11.3. The molecular formula is C34H40F2N6O3. The molecule has 0 unspecified atom stereocenters. The molecule has 1 aliphatic rings. The average molecular weight is 619 g/mol. The van der Waals surface area contributed by atoms with Gasteiger partial charge in [0, 0.05) is 48.9 Å². The van der Waals surface area contributed by atoms with Crippen LogP contribution in [0, 0.1) is 24.5 Å². The highest BCUT2D eigenvalue weighted by atomic mass is 19.1. The van der Waals surface area contributed by atoms with Gasteiger partial charge in [-0.2, -0.15) is 4.98 Å². The number of nitrogens with zero attached hydrogens (tertiary/aromatic N) is 4. The summed E-state index contributed by atoms with van der Waals surface area (Å²) in [4.78, 5) is 38.2. The second kappa shape index (κ2) is 14.7. The van der Waals surface area contributed by atoms with Crippen LogP contribution in [0.3, 0.4) is 0 Å². The summed E-state index contributed by atoms with van der Waals surface area (Å²) < 4.78 is 36.5. The number of aromatic nitrogens is 3. The van der Waals surface area contributed by atoms with Gasteiger partial charge in [-0.15, -0.1) is 0 Å². The average Bonchev–Trinajstić information content (AvgIpc) is 3.05. The normalized spacial score (nSPS) is 13.8. The molecule has 2 aromatic heterocycles. The monoisotopic (exact) mass is 618 g/mol. The van der Waals surface area contributed by atoms with Crippen LogP contribution in [0.25, 0.3) is 28.0 Å². The van der Waals surface area contributed by atoms with Crippen LogP contribution < -0.4 is 16.2 Å². The summed E-state index contributed by atoms with van der Waals surface area (Å²) in [5, 5.41) is 6.71. The maximum atomic E-state index is 15.1. The molecule has 0 aliphatic carbocycles. The lowest BCUT2D eigenvalue weighted by atomic mass is 9.98. The summed E-state index contributed by atoms with van der Waals surface area (Å²) >= 11 is 0. The minimum absolute atomic E-state index is 0.0523. The van der Waals surface area contributed by atoms with Crippen LogP contribution in [-0.2, 0) is 4.74 Å². The van der Waals surface area contributed by atoms with Gasteiger partial charge in [0.1, 0.15) is 17.3 Å². The third-order valence-corrected chi connectivity index (χ3v) is 8.39. The Bertz CT molecular complexity index is 1700. The number of hydrogen-bond donors (Lipinski definition) is 2. The van der Waals surface area contributed by atoms with E-state index >= 15 is 8.78 Å². The Morgan fingerprint density at radius 2 is 1.78 bits per heavy atom. The van der Waals surface area contributed by atoms with Crippen molar-refractivity contribution in [1.82, 2.24) is 24.8 Å². The van der Waals surface area contributed by atoms with E-state index < -0.39 is 22.9 Å². The van der Waals surface area contributed by atoms with Crippen LogP contribution in [0.1, 0.15) is 49.0 Å². The van der Waals surface area contributed by atoms with Crippen molar-refractivity contribution in [3.8, 4) is 16.9 Å². The molecule has 0 spiro atoms. The molecule has 0 bridgehead atoms. The fraction of sp³-hybridized carbons (Fsp3) is 0.412. The van der Waals surface area contributed by atoms with Gasteiger partial charge in [-0.25, -0.2) is 13.8 Å². The van der Waals surface area contributed by atoms with E-state index in [1.807, 2.05) is 13.0 Å². The molecule has 9 nitrogen and oxygen atoms in total. The summed E-state index contributed by atoms with van der Waals surface area (Å²) in [5.74, 6) is -1.41. The van der Waals surface area contributed by atoms with Gasteiger partial charge in [0.05, 0.1) is 5.69 Å². The molecule has 0 atom stereocenters. The highest BCUT2D eigenvalue weighted by Gasteiger charge is 2.22. The Morgan fingerprint density at radius 1 is 1.04 bits per heavy atom. The number of anilines is 1. The fourth-order valence-corrected chi connectivity index (χ4v) is 5.67. The molecule has 5 rings (SSSR count). The lowest BCUT2D eigenvalue weighted by molar-refractivity contribution is 0.0642. The molecule has 1 aliphatic heterocycles. The van der Waals surface area contributed by atoms with Crippen molar-refractivity contribution < 1.29 is 18.3 Å². The lowest BCUT2D eigenvalue weighted by Gasteiger charge is -2.22. The molecule has 45 heavy (non-hydrogen) atoms. The summed E-state index contributed by atoms with van der Waals surface area (Å²) in [7, 11) is 0. The third-order valence-electron chi connectivity index (χ3n) is 8.39. The van der Waals surface area contributed by atoms with Gasteiger partial charge < -0.3 is 20.3 Å². The largest absolute Gasteiger partial charge is 0.381 e. The first-order chi connectivity index (χ1) is 21.8. The Kier molecular flexibility index (Phi) is 10.5. The van der Waals surface area contributed by atoms with Gasteiger partial charge >= 0.3 is 0 Å². The van der Waals surface area contributed by atoms with Gasteiger partial charge in [0.15, 0.2) is 5.65 Å². The van der Waals surface area contributed by atoms with E-state index in [-0.39, 0.29) is 17.5 Å². The molecule has 0 saturated carbocycles. The van der Waals surface area contributed by atoms with E-state index in [1.165, 1.54) is 12.1 Å². The first-order valence-corrected chi connectivity index (χ1v) is 15.6. The van der Waals surface area contributed by atoms with Crippen LogP contribution in [0.5, 0.6) is 0 Å². The number of benzene rings is 2. The van der Waals surface area contributed by atoms with Crippen molar-refractivity contribution in [3.05, 3.63) is 81.6 Å². The number of nitrogens with one attached hydrogen (secondary N) is 2. The number of aryl methyl sites for hydroxylation is 1. The second-order valence-electron chi connectivity index (χ2n) is 11.3. The standard InChI is InChI=1S/C34H40F2N6O3/c1-4-41(5-2)17-7-16-37-34-39-30(25-12-13-29(43)42(32(25)40-34)31-27(35)8-6-9-28(31)36)26-20-24(11-10-22(26)3)33(44)38-21-23-14-18-45-19-15-23/h6,8-13,20,23H,4-5,7,14-19,21H2,1-3H3,(H,38,44)(H,37,39,40). The number of hydrogen-bond acceptors (Lipinski definition) is 7. The zero-order chi connectivity index (χ0) is 31.9. The number of ether oxygens (including phenoxy) is 1. The van der Waals surface area contributed by atoms with Gasteiger partial charge in [-0.05, 0) is 87.6 Å². The molecule has 1 amide bonds. The Hall–Kier alpha value is -4.22. The zero-order valence-corrected chi connectivity index (χ0v) is 26.0. The van der Waals surface area contributed by atoms with Crippen LogP contribution in [0.2, 0.25) is 0 Å². The summed E-state index contributed by atoms with van der Waals surface area (Å²) in [6, 6.07) is 11.6. The molecule has 4 aromatic rings. The molecule has 2 aromatic carbocycles. The highest BCUT2D eigenvalue weighted by Crippen LogP contribution is 2.32. The highest BCUT2D eigenvalue weighted by molar-refractivity contribution is 5.98. The molecule has 2 N–H and O–H groups in total. The van der Waals surface area contributed by atoms with Crippen molar-refractivity contribution in [2.45, 2.75) is 40.0 Å². The minimum atomic E-state index is -0.891. The van der Waals surface area contributed by atoms with E-state index in [2.05, 4.69) is 34.4 Å². The Morgan fingerprint density at radius 3 is 2.49 bits per heavy atom. The summed E-state index contributed by atoms with van der Waals surface area (Å²) in [5.41, 5.74) is 1.27. The van der Waals surface area contributed by atoms with Gasteiger partial charge in [0.25, 0.3) is 11.5 Å². The van der Waals surface area contributed by atoms with E-state index in [0.717, 1.165) is 61.2 Å². The Labute approximate surface area is 261 Å². The van der Waals surface area contributed by atoms with Crippen LogP contribution in [0.15, 0.2) is 53.3 Å². The number of carbonyl (C=O) groups excluding carboxylic acids is 1. The van der Waals surface area contributed by atoms with E-state index in [9.17, 15) is 9.59 Å². The fourth-order valence-electron chi connectivity index (χ4n) is 5.67. The number of amides is 1. The Balaban J connectivity index is 1.58. The van der Waals surface area contributed by atoms with Gasteiger partial charge in [0.2, 0.25) is 5.95 Å². The topological polar surface area (TPSA) is 101 Å². The molecule has 1 fully saturated rings. The first-order valence-electron chi connectivity index (χ1n) is 15.6. The zero-order valence-electron chi connectivity index (χ0n) is 26.0. The van der Waals surface area contributed by atoms with E-state index in [4.69, 9.17) is 9.72 Å². The number of halogens is 2. The predicted octanol–water partition coefficient (Wildman–Crippen LogP) is 5.33. The van der Waals surface area contributed by atoms with Crippen molar-refractivity contribution in [1.29, 1.82) is 0 Å². The maximum Gasteiger partial charge on any atom is 0.256 e. The smallest absolute Gasteiger partial charge is 0.256 e. The number of rotatable bonds is 12. The number of fused-ring (bicyclic) bond motifs is 1. The summed E-state index contributed by atoms with van der Waals surface area (Å²) in [6.07, 6.45) is 2.62. The first kappa shape index (κ1) is 32.2. The molecular weight excluding hydrogens is 578 g/mol. The number of carbonyl (C=O) groups is 1. The molecule has 11 heteroatoms. The number of pyridine rings is 1. The van der Waals surface area contributed by atoms with Crippen molar-refractivity contribution in [2.24, 2.45) is 5.92 Å². The van der Waals surface area contributed by atoms with Gasteiger partial charge in [-0.1, -0.05) is 26.0 Å². The van der Waals surface area contributed by atoms with Gasteiger partial charge in [-0.3, -0.25) is 14.2 Å². The molecule has 238 valence electrons. The lowest BCUT2D eigenvalue weighted by Crippen LogP contribution is -2.32. The van der Waals surface area contributed by atoms with Crippen molar-refractivity contribution in [2.75, 3.05) is 51.3 Å². The maximum absolute atomic E-state index is 15.1. The van der Waals surface area contributed by atoms with Crippen LogP contribution >= 0.6 is 0 Å². The SMILES string of the molecule is CCN(CC)CCCNc1nc(-c2cc(C(=O)NCC3CCOCC3)ccc2C)c2ccc(=O)n(-c3c(F)cccc3F)c2n1. The molecule has 3 heterocycles. The van der Waals surface area contributed by atoms with Crippen molar-refractivity contribution in [3.63, 3.8) is 0 Å². The molecule has 0 radical (unpaired) electrons. The quantitative estimate of drug-likeness (QED) is 0.207. The van der Waals surface area contributed by atoms with Crippen LogP contribution in [-0.4, -0.2) is 71.3 Å². The van der Waals surface area contributed by atoms with E-state index in [0.29, 0.717) is 54.4 Å². The van der Waals surface area contributed by atoms with Crippen molar-refractivity contribution >= 4 is 22.9 Å². The summed E-state index contributed by atoms with van der Waals surface area (Å²) in [6.45, 7) is 11.4. The van der Waals surface area contributed by atoms with E-state index in [1.54, 1.807) is 18.2 Å².